The molecule has 0 atom stereocenters. The second kappa shape index (κ2) is 7.29. The molecule has 1 saturated heterocycles. The molecule has 2 N–H and O–H groups in total. The average Bonchev–Trinajstić information content (AvgIpc) is 2.41. The Bertz CT molecular complexity index is 411. The maximum absolute atomic E-state index is 11.7. The van der Waals surface area contributed by atoms with Crippen LogP contribution in [0.4, 0.5) is 4.79 Å². The van der Waals surface area contributed by atoms with Gasteiger partial charge < -0.3 is 10.6 Å². The minimum absolute atomic E-state index is 0.0403. The second-order valence-electron chi connectivity index (χ2n) is 5.81. The van der Waals surface area contributed by atoms with Crippen molar-refractivity contribution in [2.24, 2.45) is 0 Å². The maximum Gasteiger partial charge on any atom is 0.315 e. The Hall–Kier alpha value is -1.55. The molecule has 110 valence electrons. The normalized spacial score (nSPS) is 17.1. The number of carbonyl (C=O) groups excluding carboxylic acids is 1. The third-order valence-electron chi connectivity index (χ3n) is 3.59. The number of nitrogens with zero attached hydrogens (tertiary/aromatic N) is 1. The number of amides is 2. The first kappa shape index (κ1) is 14.9. The summed E-state index contributed by atoms with van der Waals surface area (Å²) in [5.74, 6) is 0. The molecule has 0 aromatic heterocycles. The molecule has 0 unspecified atom stereocenters. The zero-order valence-electron chi connectivity index (χ0n) is 12.4. The maximum atomic E-state index is 11.7. The molecule has 0 radical (unpaired) electrons. The van der Waals surface area contributed by atoms with Crippen LogP contribution in [0.15, 0.2) is 30.3 Å². The Balaban J connectivity index is 1.71. The first-order valence-electron chi connectivity index (χ1n) is 7.47. The molecule has 4 heteroatoms. The minimum Gasteiger partial charge on any atom is -0.336 e. The summed E-state index contributed by atoms with van der Waals surface area (Å²) in [4.78, 5) is 14.1. The van der Waals surface area contributed by atoms with Crippen molar-refractivity contribution in [3.8, 4) is 0 Å². The smallest absolute Gasteiger partial charge is 0.315 e. The van der Waals surface area contributed by atoms with Gasteiger partial charge in [-0.1, -0.05) is 30.3 Å². The average molecular weight is 275 g/mol. The van der Waals surface area contributed by atoms with Gasteiger partial charge in [-0.15, -0.1) is 0 Å². The Morgan fingerprint density at radius 3 is 2.50 bits per heavy atom. The lowest BCUT2D eigenvalue weighted by Crippen LogP contribution is -2.49. The first-order valence-corrected chi connectivity index (χ1v) is 7.47. The van der Waals surface area contributed by atoms with Gasteiger partial charge in [0.2, 0.25) is 0 Å². The molecular weight excluding hydrogens is 250 g/mol. The molecule has 2 amide bonds. The highest BCUT2D eigenvalue weighted by atomic mass is 16.2. The third-order valence-corrected chi connectivity index (χ3v) is 3.59. The summed E-state index contributed by atoms with van der Waals surface area (Å²) in [5, 5.41) is 5.94. The molecule has 0 spiro atoms. The number of urea groups is 1. The van der Waals surface area contributed by atoms with E-state index >= 15 is 0 Å². The monoisotopic (exact) mass is 275 g/mol. The fraction of sp³-hybridized carbons (Fsp3) is 0.562. The van der Waals surface area contributed by atoms with Crippen LogP contribution in [0.2, 0.25) is 0 Å². The SMILES string of the molecule is CC(C)NC(=O)NC1CCN(Cc2ccccc2)CC1. The lowest BCUT2D eigenvalue weighted by molar-refractivity contribution is 0.186. The van der Waals surface area contributed by atoms with Crippen LogP contribution >= 0.6 is 0 Å². The Morgan fingerprint density at radius 1 is 1.25 bits per heavy atom. The first-order chi connectivity index (χ1) is 9.63. The van der Waals surface area contributed by atoms with E-state index in [1.54, 1.807) is 0 Å². The molecular formula is C16H25N3O. The van der Waals surface area contributed by atoms with E-state index in [1.807, 2.05) is 19.9 Å². The van der Waals surface area contributed by atoms with Gasteiger partial charge in [0.1, 0.15) is 0 Å². The van der Waals surface area contributed by atoms with E-state index in [9.17, 15) is 4.79 Å². The highest BCUT2D eigenvalue weighted by Gasteiger charge is 2.20. The third kappa shape index (κ3) is 4.85. The summed E-state index contributed by atoms with van der Waals surface area (Å²) in [6, 6.07) is 11.0. The number of benzene rings is 1. The van der Waals surface area contributed by atoms with Crippen LogP contribution in [0.5, 0.6) is 0 Å². The fourth-order valence-corrected chi connectivity index (χ4v) is 2.57. The number of carbonyl (C=O) groups is 1. The van der Waals surface area contributed by atoms with E-state index in [0.29, 0.717) is 6.04 Å². The number of hydrogen-bond acceptors (Lipinski definition) is 2. The van der Waals surface area contributed by atoms with E-state index in [1.165, 1.54) is 5.56 Å². The van der Waals surface area contributed by atoms with Gasteiger partial charge in [-0.05, 0) is 32.3 Å². The van der Waals surface area contributed by atoms with Gasteiger partial charge in [-0.3, -0.25) is 4.90 Å². The van der Waals surface area contributed by atoms with E-state index in [-0.39, 0.29) is 12.1 Å². The number of nitrogens with one attached hydrogen (secondary N) is 2. The van der Waals surface area contributed by atoms with Crippen molar-refractivity contribution < 1.29 is 4.79 Å². The number of hydrogen-bond donors (Lipinski definition) is 2. The number of rotatable bonds is 4. The van der Waals surface area contributed by atoms with E-state index in [4.69, 9.17) is 0 Å². The molecule has 0 aliphatic carbocycles. The lowest BCUT2D eigenvalue weighted by Gasteiger charge is -2.32. The van der Waals surface area contributed by atoms with Gasteiger partial charge in [0.25, 0.3) is 0 Å². The molecule has 1 aliphatic heterocycles. The summed E-state index contributed by atoms with van der Waals surface area (Å²) in [6.07, 6.45) is 2.05. The van der Waals surface area contributed by atoms with Crippen molar-refractivity contribution in [3.05, 3.63) is 35.9 Å². The molecule has 1 aliphatic rings. The van der Waals surface area contributed by atoms with Crippen LogP contribution in [-0.2, 0) is 6.54 Å². The standard InChI is InChI=1S/C16H25N3O/c1-13(2)17-16(20)18-15-8-10-19(11-9-15)12-14-6-4-3-5-7-14/h3-7,13,15H,8-12H2,1-2H3,(H2,17,18,20). The largest absolute Gasteiger partial charge is 0.336 e. The zero-order chi connectivity index (χ0) is 14.4. The topological polar surface area (TPSA) is 44.4 Å². The van der Waals surface area contributed by atoms with Crippen molar-refractivity contribution in [2.75, 3.05) is 13.1 Å². The van der Waals surface area contributed by atoms with Crippen molar-refractivity contribution >= 4 is 6.03 Å². The summed E-state index contributed by atoms with van der Waals surface area (Å²) in [6.45, 7) is 7.04. The van der Waals surface area contributed by atoms with Gasteiger partial charge in [-0.25, -0.2) is 4.79 Å². The van der Waals surface area contributed by atoms with Crippen molar-refractivity contribution in [3.63, 3.8) is 0 Å². The molecule has 1 fully saturated rings. The van der Waals surface area contributed by atoms with Gasteiger partial charge in [0.15, 0.2) is 0 Å². The summed E-state index contributed by atoms with van der Waals surface area (Å²) < 4.78 is 0. The highest BCUT2D eigenvalue weighted by Crippen LogP contribution is 2.13. The zero-order valence-corrected chi connectivity index (χ0v) is 12.4. The van der Waals surface area contributed by atoms with Crippen LogP contribution < -0.4 is 10.6 Å². The van der Waals surface area contributed by atoms with Crippen molar-refractivity contribution in [1.29, 1.82) is 0 Å². The van der Waals surface area contributed by atoms with Crippen LogP contribution in [0.1, 0.15) is 32.3 Å². The molecule has 0 bridgehead atoms. The molecule has 0 saturated carbocycles. The number of likely N-dealkylation sites (tertiary alicyclic amines) is 1. The summed E-state index contributed by atoms with van der Waals surface area (Å²) >= 11 is 0. The lowest BCUT2D eigenvalue weighted by atomic mass is 10.0. The number of piperidine rings is 1. The molecule has 2 rings (SSSR count). The molecule has 1 aromatic rings. The van der Waals surface area contributed by atoms with E-state index < -0.39 is 0 Å². The quantitative estimate of drug-likeness (QED) is 0.886. The fourth-order valence-electron chi connectivity index (χ4n) is 2.57. The van der Waals surface area contributed by atoms with Crippen LogP contribution in [0.25, 0.3) is 0 Å². The Labute approximate surface area is 121 Å². The molecule has 1 heterocycles. The highest BCUT2D eigenvalue weighted by molar-refractivity contribution is 5.74. The van der Waals surface area contributed by atoms with E-state index in [0.717, 1.165) is 32.5 Å². The van der Waals surface area contributed by atoms with E-state index in [2.05, 4.69) is 39.8 Å². The molecule has 1 aromatic carbocycles. The van der Waals surface area contributed by atoms with Gasteiger partial charge in [0, 0.05) is 31.7 Å². The molecule has 20 heavy (non-hydrogen) atoms. The minimum atomic E-state index is -0.0403. The van der Waals surface area contributed by atoms with Gasteiger partial charge in [-0.2, -0.15) is 0 Å². The van der Waals surface area contributed by atoms with Gasteiger partial charge in [0.05, 0.1) is 0 Å². The predicted octanol–water partition coefficient (Wildman–Crippen LogP) is 2.36. The van der Waals surface area contributed by atoms with Crippen molar-refractivity contribution in [1.82, 2.24) is 15.5 Å². The van der Waals surface area contributed by atoms with Crippen molar-refractivity contribution in [2.45, 2.75) is 45.3 Å². The van der Waals surface area contributed by atoms with Crippen LogP contribution in [-0.4, -0.2) is 36.1 Å². The predicted molar refractivity (Wildman–Crippen MR) is 81.5 cm³/mol. The summed E-state index contributed by atoms with van der Waals surface area (Å²) in [5.41, 5.74) is 1.36. The molecule has 4 nitrogen and oxygen atoms in total. The Kier molecular flexibility index (Phi) is 5.41. The summed E-state index contributed by atoms with van der Waals surface area (Å²) in [7, 11) is 0. The van der Waals surface area contributed by atoms with Gasteiger partial charge >= 0.3 is 6.03 Å². The second-order valence-corrected chi connectivity index (χ2v) is 5.81. The van der Waals surface area contributed by atoms with Crippen LogP contribution in [0, 0.1) is 0 Å². The Morgan fingerprint density at radius 2 is 1.90 bits per heavy atom. The van der Waals surface area contributed by atoms with Crippen LogP contribution in [0.3, 0.4) is 0 Å².